The Morgan fingerprint density at radius 2 is 0.870 bits per heavy atom. The van der Waals surface area contributed by atoms with E-state index in [1.165, 1.54) is 4.90 Å². The van der Waals surface area contributed by atoms with E-state index in [-0.39, 0.29) is 65.7 Å². The first kappa shape index (κ1) is 80.4. The summed E-state index contributed by atoms with van der Waals surface area (Å²) < 4.78 is 0. The Morgan fingerprint density at radius 3 is 1.40 bits per heavy atom. The molecule has 9 aromatic carbocycles. The van der Waals surface area contributed by atoms with Gasteiger partial charge in [0, 0.05) is 86.3 Å². The fraction of sp³-hybridized carbons (Fsp3) is 0.500. The Labute approximate surface area is 642 Å². The zero-order valence-electron chi connectivity index (χ0n) is 67.1. The molecule has 0 spiro atoms. The lowest BCUT2D eigenvalue weighted by molar-refractivity contribution is -0.136. The normalized spacial score (nSPS) is 13.7. The third-order valence-electron chi connectivity index (χ3n) is 24.7. The average Bonchev–Trinajstić information content (AvgIpc) is 0.794. The monoisotopic (exact) mass is 1460 g/mol. The minimum absolute atomic E-state index is 0.0336. The van der Waals surface area contributed by atoms with E-state index in [2.05, 4.69) is 75.0 Å². The lowest BCUT2D eigenvalue weighted by Gasteiger charge is -2.35. The molecule has 12 nitrogen and oxygen atoms in total. The summed E-state index contributed by atoms with van der Waals surface area (Å²) in [5.74, 6) is -1.75. The van der Waals surface area contributed by atoms with Gasteiger partial charge in [0.2, 0.25) is 6.41 Å². The van der Waals surface area contributed by atoms with Crippen LogP contribution in [0.2, 0.25) is 0 Å². The zero-order valence-corrected chi connectivity index (χ0v) is 67.1. The van der Waals surface area contributed by atoms with E-state index in [0.717, 1.165) is 224 Å². The SMILES string of the molecule is C=C/C(C(=O)N(C=O)C(CCCCC)CCCCC)=c1/c(C)ccc2c1c(C)c1c(-c3cc4c5c(ccc6c7ccc(C=O)c8c(C(=O)N(C)C(CCCCC)CCCCC)ccc(c3c56)c87)C(=O)N(C(CCCCC)CCCCC)C4=O)cc3c4c(ccc2c41)C(=O)CN(C(CCCCC)CCCCC)C3=O. The third kappa shape index (κ3) is 15.4. The largest absolute Gasteiger partial charge is 0.339 e. The highest BCUT2D eigenvalue weighted by Gasteiger charge is 2.42. The van der Waals surface area contributed by atoms with Crippen LogP contribution in [0, 0.1) is 13.8 Å². The molecule has 11 rings (SSSR count). The highest BCUT2D eigenvalue weighted by atomic mass is 16.2. The van der Waals surface area contributed by atoms with Crippen molar-refractivity contribution in [3.8, 4) is 11.1 Å². The molecule has 0 bridgehead atoms. The van der Waals surface area contributed by atoms with Gasteiger partial charge >= 0.3 is 0 Å². The molecule has 0 radical (unpaired) electrons. The van der Waals surface area contributed by atoms with Crippen molar-refractivity contribution in [2.45, 2.75) is 299 Å². The van der Waals surface area contributed by atoms with Gasteiger partial charge in [-0.1, -0.05) is 271 Å². The smallest absolute Gasteiger partial charge is 0.261 e. The molecule has 0 N–H and O–H groups in total. The van der Waals surface area contributed by atoms with Gasteiger partial charge in [0.1, 0.15) is 0 Å². The third-order valence-corrected chi connectivity index (χ3v) is 24.7. The molecular weight excluding hydrogens is 1340 g/mol. The van der Waals surface area contributed by atoms with Crippen molar-refractivity contribution in [2.24, 2.45) is 0 Å². The lowest BCUT2D eigenvalue weighted by Crippen LogP contribution is -2.47. The van der Waals surface area contributed by atoms with Crippen molar-refractivity contribution < 1.29 is 38.4 Å². The summed E-state index contributed by atoms with van der Waals surface area (Å²) >= 11 is 0. The molecule has 572 valence electrons. The first-order valence-electron chi connectivity index (χ1n) is 42.1. The molecule has 0 saturated heterocycles. The number of benzene rings is 9. The van der Waals surface area contributed by atoms with Gasteiger partial charge in [-0.05, 0) is 176 Å². The fourth-order valence-electron chi connectivity index (χ4n) is 18.8. The Bertz CT molecular complexity index is 4880. The standard InChI is InChI=1S/C96H120N4O8/c1-13-22-30-38-64(39-31-23-14-2)97(12)92(104)75-55-53-74-86-70(49-47-63(59-101)85(75)86)72-51-54-76-89-80(96(108)100(95(76)107)67(44-36-28-19-7)45-37-29-20-8)57-78(88(74)91(72)89)77-56-79-87-73(81(103)58-98(94(79)106)65(40-32-24-15-3)41-33-25-16-4)52-50-71-69-48-46-61(10)82(83(69)62(11)84(77)90(71)87)68(21-9)93(105)99(60-102)66(42-34-26-17-5)43-35-27-18-6/h21,46-57,59-60,64-67H,9,13-20,22-45,58H2,1-8,10-12H3/b82-68+. The summed E-state index contributed by atoms with van der Waals surface area (Å²) in [4.78, 5) is 131. The van der Waals surface area contributed by atoms with Crippen LogP contribution in [0.4, 0.5) is 0 Å². The first-order chi connectivity index (χ1) is 52.5. The van der Waals surface area contributed by atoms with Gasteiger partial charge in [0.15, 0.2) is 12.1 Å². The number of ketones is 1. The summed E-state index contributed by atoms with van der Waals surface area (Å²) in [5.41, 5.74) is 5.32. The minimum atomic E-state index is -0.436. The number of Topliss-reactive ketones (excluding diaryl/α,β-unsaturated/α-hetero) is 1. The van der Waals surface area contributed by atoms with Gasteiger partial charge < -0.3 is 9.80 Å². The molecule has 2 aliphatic heterocycles. The molecule has 0 fully saturated rings. The van der Waals surface area contributed by atoms with Crippen molar-refractivity contribution >= 4 is 129 Å². The summed E-state index contributed by atoms with van der Waals surface area (Å²) in [6.45, 7) is 25.7. The summed E-state index contributed by atoms with van der Waals surface area (Å²) in [6, 6.07) is 22.5. The number of imide groups is 2. The molecule has 2 heterocycles. The van der Waals surface area contributed by atoms with E-state index in [4.69, 9.17) is 0 Å². The van der Waals surface area contributed by atoms with Crippen LogP contribution in [0.1, 0.15) is 334 Å². The number of nitrogens with zero attached hydrogens (tertiary/aromatic N) is 4. The number of carbonyl (C=O) groups is 8. The number of rotatable bonds is 42. The Hall–Kier alpha value is -8.64. The van der Waals surface area contributed by atoms with Crippen LogP contribution in [0.5, 0.6) is 0 Å². The quantitative estimate of drug-likeness (QED) is 0.0121. The Balaban J connectivity index is 1.34. The van der Waals surface area contributed by atoms with Crippen LogP contribution in [-0.2, 0) is 9.59 Å². The molecule has 12 heteroatoms. The lowest BCUT2D eigenvalue weighted by atomic mass is 9.77. The highest BCUT2D eigenvalue weighted by molar-refractivity contribution is 6.43. The number of hydrogen-bond donors (Lipinski definition) is 0. The van der Waals surface area contributed by atoms with Gasteiger partial charge in [-0.15, -0.1) is 0 Å². The number of unbranched alkanes of at least 4 members (excludes halogenated alkanes) is 16. The number of amides is 6. The molecular formula is C96H120N4O8. The van der Waals surface area contributed by atoms with Crippen LogP contribution >= 0.6 is 0 Å². The highest BCUT2D eigenvalue weighted by Crippen LogP contribution is 2.53. The topological polar surface area (TPSA) is 150 Å². The van der Waals surface area contributed by atoms with Crippen LogP contribution in [-0.4, -0.2) is 105 Å². The van der Waals surface area contributed by atoms with Crippen LogP contribution in [0.25, 0.3) is 92.1 Å². The van der Waals surface area contributed by atoms with Crippen LogP contribution < -0.4 is 5.22 Å². The first-order valence-corrected chi connectivity index (χ1v) is 42.1. The second-order valence-corrected chi connectivity index (χ2v) is 31.8. The van der Waals surface area contributed by atoms with E-state index in [1.807, 2.05) is 84.4 Å². The second kappa shape index (κ2) is 36.7. The van der Waals surface area contributed by atoms with Crippen molar-refractivity contribution in [2.75, 3.05) is 13.6 Å². The molecule has 2 aliphatic rings. The number of fused-ring (bicyclic) bond motifs is 4. The molecule has 0 saturated carbocycles. The van der Waals surface area contributed by atoms with E-state index in [9.17, 15) is 9.59 Å². The Kier molecular flexibility index (Phi) is 27.3. The maximum absolute atomic E-state index is 16.8. The van der Waals surface area contributed by atoms with Crippen LogP contribution in [0.15, 0.2) is 85.5 Å². The maximum atomic E-state index is 16.8. The number of carbonyl (C=O) groups excluding carboxylic acids is 8. The predicted octanol–water partition coefficient (Wildman–Crippen LogP) is 23.8. The van der Waals surface area contributed by atoms with E-state index in [1.54, 1.807) is 17.0 Å². The van der Waals surface area contributed by atoms with Gasteiger partial charge in [-0.25, -0.2) is 0 Å². The zero-order chi connectivity index (χ0) is 77.0. The molecule has 0 aliphatic carbocycles. The van der Waals surface area contributed by atoms with E-state index in [0.29, 0.717) is 130 Å². The second-order valence-electron chi connectivity index (χ2n) is 31.8. The summed E-state index contributed by atoms with van der Waals surface area (Å²) in [7, 11) is 1.91. The average molecular weight is 1460 g/mol. The van der Waals surface area contributed by atoms with E-state index < -0.39 is 5.91 Å². The van der Waals surface area contributed by atoms with Gasteiger partial charge in [-0.3, -0.25) is 48.2 Å². The summed E-state index contributed by atoms with van der Waals surface area (Å²) in [5, 5.41) is 10.1. The van der Waals surface area contributed by atoms with Crippen LogP contribution in [0.3, 0.4) is 0 Å². The molecule has 0 unspecified atom stereocenters. The van der Waals surface area contributed by atoms with Gasteiger partial charge in [-0.2, -0.15) is 0 Å². The fourth-order valence-corrected chi connectivity index (χ4v) is 18.8. The minimum Gasteiger partial charge on any atom is -0.339 e. The summed E-state index contributed by atoms with van der Waals surface area (Å²) in [6.07, 6.45) is 32.1. The van der Waals surface area contributed by atoms with Crippen molar-refractivity contribution in [3.05, 3.63) is 135 Å². The molecule has 108 heavy (non-hydrogen) atoms. The van der Waals surface area contributed by atoms with Crippen molar-refractivity contribution in [1.29, 1.82) is 0 Å². The van der Waals surface area contributed by atoms with Gasteiger partial charge in [0.25, 0.3) is 29.5 Å². The molecule has 9 aromatic rings. The van der Waals surface area contributed by atoms with Gasteiger partial charge in [0.05, 0.1) is 6.54 Å². The number of aryl methyl sites for hydroxylation is 2. The Morgan fingerprint density at radius 1 is 0.435 bits per heavy atom. The molecule has 0 aromatic heterocycles. The van der Waals surface area contributed by atoms with Crippen molar-refractivity contribution in [3.63, 3.8) is 0 Å². The number of hydrogen-bond acceptors (Lipinski definition) is 8. The maximum Gasteiger partial charge on any atom is 0.261 e. The van der Waals surface area contributed by atoms with E-state index >= 15 is 28.8 Å². The number of aldehydes is 1. The predicted molar refractivity (Wildman–Crippen MR) is 448 cm³/mol. The molecule has 6 amide bonds. The molecule has 0 atom stereocenters. The van der Waals surface area contributed by atoms with Crippen molar-refractivity contribution in [1.82, 2.24) is 19.6 Å².